The van der Waals surface area contributed by atoms with Gasteiger partial charge in [0.1, 0.15) is 0 Å². The quantitative estimate of drug-likeness (QED) is 0.572. The molecule has 0 atom stereocenters. The highest BCUT2D eigenvalue weighted by atomic mass is 35.6. The number of nitrogens with zero attached hydrogens (tertiary/aromatic N) is 1. The van der Waals surface area contributed by atoms with E-state index in [0.717, 1.165) is 0 Å². The first kappa shape index (κ1) is 10.9. The van der Waals surface area contributed by atoms with E-state index < -0.39 is 3.79 Å². The summed E-state index contributed by atoms with van der Waals surface area (Å²) >= 11 is 17.2. The van der Waals surface area contributed by atoms with Gasteiger partial charge in [0.05, 0.1) is 0 Å². The van der Waals surface area contributed by atoms with Gasteiger partial charge < -0.3 is 0 Å². The van der Waals surface area contributed by atoms with Crippen LogP contribution >= 0.6 is 34.8 Å². The van der Waals surface area contributed by atoms with Gasteiger partial charge in [-0.25, -0.2) is 0 Å². The van der Waals surface area contributed by atoms with E-state index in [1.807, 2.05) is 6.92 Å². The van der Waals surface area contributed by atoms with Crippen LogP contribution in [0.5, 0.6) is 0 Å². The summed E-state index contributed by atoms with van der Waals surface area (Å²) in [4.78, 5) is 5.23. The summed E-state index contributed by atoms with van der Waals surface area (Å²) in [5, 5.41) is 0. The fourth-order valence-electron chi connectivity index (χ4n) is 0.899. The van der Waals surface area contributed by atoms with Crippen LogP contribution in [0.1, 0.15) is 12.6 Å². The Kier molecular flexibility index (Phi) is 3.65. The molecular weight excluding hydrogens is 232 g/mol. The second kappa shape index (κ2) is 4.36. The van der Waals surface area contributed by atoms with E-state index in [9.17, 15) is 0 Å². The number of pyridine rings is 1. The molecule has 0 N–H and O–H groups in total. The van der Waals surface area contributed by atoms with Crippen LogP contribution in [0.15, 0.2) is 24.4 Å². The molecule has 1 aromatic rings. The molecule has 0 radical (unpaired) electrons. The van der Waals surface area contributed by atoms with E-state index in [4.69, 9.17) is 39.6 Å². The van der Waals surface area contributed by atoms with Gasteiger partial charge in [-0.2, -0.15) is 0 Å². The zero-order chi connectivity index (χ0) is 9.90. The Bertz CT molecular complexity index is 285. The minimum Gasteiger partial charge on any atom is -0.271 e. The Morgan fingerprint density at radius 2 is 2.08 bits per heavy atom. The Labute approximate surface area is 91.9 Å². The minimum atomic E-state index is -1.46. The fourth-order valence-corrected chi connectivity index (χ4v) is 1.34. The summed E-state index contributed by atoms with van der Waals surface area (Å²) in [6, 6.07) is 5.28. The number of halogens is 3. The van der Waals surface area contributed by atoms with Crippen molar-refractivity contribution in [3.63, 3.8) is 0 Å². The highest BCUT2D eigenvalue weighted by molar-refractivity contribution is 6.66. The van der Waals surface area contributed by atoms with Crippen LogP contribution in [-0.4, -0.2) is 6.61 Å². The Balaban J connectivity index is 3.05. The molecule has 0 fully saturated rings. The van der Waals surface area contributed by atoms with Crippen molar-refractivity contribution in [3.8, 4) is 0 Å². The molecule has 1 heterocycles. The smallest absolute Gasteiger partial charge is 0.271 e. The molecule has 0 spiro atoms. The Morgan fingerprint density at radius 1 is 1.38 bits per heavy atom. The van der Waals surface area contributed by atoms with Gasteiger partial charge in [-0.15, -0.1) is 0 Å². The predicted molar refractivity (Wildman–Crippen MR) is 53.0 cm³/mol. The first-order valence-corrected chi connectivity index (χ1v) is 4.90. The van der Waals surface area contributed by atoms with E-state index in [1.165, 1.54) is 4.73 Å². The summed E-state index contributed by atoms with van der Waals surface area (Å²) in [6.07, 6.45) is 1.70. The number of hydrogen-bond acceptors (Lipinski definition) is 1. The Morgan fingerprint density at radius 3 is 2.62 bits per heavy atom. The van der Waals surface area contributed by atoms with Crippen LogP contribution in [0, 0.1) is 0 Å². The summed E-state index contributed by atoms with van der Waals surface area (Å²) in [7, 11) is 0. The molecule has 0 saturated carbocycles. The van der Waals surface area contributed by atoms with Crippen molar-refractivity contribution in [2.45, 2.75) is 10.7 Å². The first-order chi connectivity index (χ1) is 6.05. The molecule has 1 aromatic heterocycles. The standard InChI is InChI=1S/C8H9Cl3NO/c1-2-13-12-6-4-3-5-7(12)8(9,10)11/h3-6H,2H2,1H3/q+1. The number of hydrogen-bond donors (Lipinski definition) is 0. The van der Waals surface area contributed by atoms with Crippen LogP contribution in [0.2, 0.25) is 0 Å². The highest BCUT2D eigenvalue weighted by Gasteiger charge is 2.34. The monoisotopic (exact) mass is 240 g/mol. The summed E-state index contributed by atoms with van der Waals surface area (Å²) in [5.41, 5.74) is 0.488. The van der Waals surface area contributed by atoms with Gasteiger partial charge >= 0.3 is 0 Å². The van der Waals surface area contributed by atoms with Crippen molar-refractivity contribution in [1.82, 2.24) is 0 Å². The molecule has 0 amide bonds. The van der Waals surface area contributed by atoms with Crippen molar-refractivity contribution >= 4 is 34.8 Å². The molecule has 0 aliphatic rings. The molecule has 1 rings (SSSR count). The molecule has 2 nitrogen and oxygen atoms in total. The van der Waals surface area contributed by atoms with Gasteiger partial charge in [0.25, 0.3) is 9.49 Å². The van der Waals surface area contributed by atoms with Gasteiger partial charge in [0, 0.05) is 16.9 Å². The Hall–Kier alpha value is -0.180. The van der Waals surface area contributed by atoms with Crippen LogP contribution in [0.4, 0.5) is 0 Å². The molecule has 0 unspecified atom stereocenters. The highest BCUT2D eigenvalue weighted by Crippen LogP contribution is 2.35. The van der Waals surface area contributed by atoms with Crippen molar-refractivity contribution in [2.24, 2.45) is 0 Å². The van der Waals surface area contributed by atoms with Crippen LogP contribution in [0.3, 0.4) is 0 Å². The molecule has 0 aliphatic carbocycles. The summed E-state index contributed by atoms with van der Waals surface area (Å²) in [5.74, 6) is 0. The fraction of sp³-hybridized carbons (Fsp3) is 0.375. The molecule has 5 heteroatoms. The number of aromatic nitrogens is 1. The third-order valence-corrected chi connectivity index (χ3v) is 1.96. The second-order valence-electron chi connectivity index (χ2n) is 2.33. The normalized spacial score (nSPS) is 11.4. The van der Waals surface area contributed by atoms with Crippen molar-refractivity contribution < 1.29 is 9.57 Å². The molecule has 0 aliphatic heterocycles. The maximum Gasteiger partial charge on any atom is 0.285 e. The van der Waals surface area contributed by atoms with Crippen LogP contribution in [0.25, 0.3) is 0 Å². The number of rotatable bonds is 2. The van der Waals surface area contributed by atoms with Crippen LogP contribution in [-0.2, 0) is 3.79 Å². The van der Waals surface area contributed by atoms with E-state index in [-0.39, 0.29) is 0 Å². The lowest BCUT2D eigenvalue weighted by Gasteiger charge is -2.07. The predicted octanol–water partition coefficient (Wildman–Crippen LogP) is 2.25. The van der Waals surface area contributed by atoms with E-state index in [2.05, 4.69) is 0 Å². The van der Waals surface area contributed by atoms with Crippen molar-refractivity contribution in [3.05, 3.63) is 30.1 Å². The zero-order valence-electron chi connectivity index (χ0n) is 7.01. The average molecular weight is 242 g/mol. The molecule has 0 saturated heterocycles. The van der Waals surface area contributed by atoms with Gasteiger partial charge in [-0.3, -0.25) is 4.84 Å². The van der Waals surface area contributed by atoms with Crippen molar-refractivity contribution in [1.29, 1.82) is 0 Å². The summed E-state index contributed by atoms with van der Waals surface area (Å²) in [6.45, 7) is 2.38. The molecule has 13 heavy (non-hydrogen) atoms. The average Bonchev–Trinajstić information content (AvgIpc) is 2.04. The van der Waals surface area contributed by atoms with Gasteiger partial charge in [-0.1, -0.05) is 34.8 Å². The maximum atomic E-state index is 5.73. The van der Waals surface area contributed by atoms with Gasteiger partial charge in [0.2, 0.25) is 6.20 Å². The van der Waals surface area contributed by atoms with E-state index in [0.29, 0.717) is 12.3 Å². The molecule has 72 valence electrons. The third-order valence-electron chi connectivity index (χ3n) is 1.38. The number of alkyl halides is 3. The topological polar surface area (TPSA) is 13.1 Å². The lowest BCUT2D eigenvalue weighted by Crippen LogP contribution is -2.48. The summed E-state index contributed by atoms with van der Waals surface area (Å²) < 4.78 is -0.0105. The molecule has 0 bridgehead atoms. The largest absolute Gasteiger partial charge is 0.285 e. The van der Waals surface area contributed by atoms with Crippen molar-refractivity contribution in [2.75, 3.05) is 6.61 Å². The lowest BCUT2D eigenvalue weighted by molar-refractivity contribution is -0.895. The zero-order valence-corrected chi connectivity index (χ0v) is 9.27. The third kappa shape index (κ3) is 2.90. The second-order valence-corrected chi connectivity index (χ2v) is 4.61. The minimum absolute atomic E-state index is 0.488. The molecule has 0 aromatic carbocycles. The van der Waals surface area contributed by atoms with E-state index >= 15 is 0 Å². The van der Waals surface area contributed by atoms with Gasteiger partial charge in [-0.05, 0) is 13.0 Å². The SMILES string of the molecule is CCO[n+]1ccccc1C(Cl)(Cl)Cl. The first-order valence-electron chi connectivity index (χ1n) is 3.77. The maximum absolute atomic E-state index is 5.73. The van der Waals surface area contributed by atoms with E-state index in [1.54, 1.807) is 24.4 Å². The molecular formula is C8H9Cl3NO+. The lowest BCUT2D eigenvalue weighted by atomic mass is 10.4. The van der Waals surface area contributed by atoms with Gasteiger partial charge in [0.15, 0.2) is 6.61 Å². The van der Waals surface area contributed by atoms with Crippen LogP contribution < -0.4 is 9.57 Å².